The summed E-state index contributed by atoms with van der Waals surface area (Å²) in [4.78, 5) is 29.5. The zero-order valence-corrected chi connectivity index (χ0v) is 34.4. The number of rotatable bonds is 13. The fraction of sp³-hybridized carbons (Fsp3) is 0.400. The maximum absolute atomic E-state index is 13.0. The predicted octanol–water partition coefficient (Wildman–Crippen LogP) is 13.0. The van der Waals surface area contributed by atoms with Crippen molar-refractivity contribution in [1.82, 2.24) is 9.47 Å². The van der Waals surface area contributed by atoms with Crippen LogP contribution in [0, 0.1) is 10.3 Å². The summed E-state index contributed by atoms with van der Waals surface area (Å²) in [5.74, 6) is 0.654. The molecule has 0 aliphatic carbocycles. The van der Waals surface area contributed by atoms with Crippen molar-refractivity contribution in [1.29, 1.82) is 4.35 Å². The van der Waals surface area contributed by atoms with Crippen LogP contribution in [0.2, 0.25) is 0 Å². The van der Waals surface area contributed by atoms with Crippen LogP contribution in [0.25, 0.3) is 32.6 Å². The molecule has 59 heavy (non-hydrogen) atoms. The molecule has 2 atom stereocenters. The second-order valence-corrected chi connectivity index (χ2v) is 14.4. The first-order valence-electron chi connectivity index (χ1n) is 19.3. The number of nitrogens with one attached hydrogen (secondary N) is 1. The van der Waals surface area contributed by atoms with Crippen molar-refractivity contribution in [2.75, 3.05) is 38.3 Å². The molecule has 314 valence electrons. The van der Waals surface area contributed by atoms with E-state index in [1.807, 2.05) is 44.3 Å². The Kier molecular flexibility index (Phi) is 23.8. The van der Waals surface area contributed by atoms with Gasteiger partial charge in [-0.25, -0.2) is 0 Å². The van der Waals surface area contributed by atoms with Gasteiger partial charge in [0.05, 0.1) is 6.61 Å². The van der Waals surface area contributed by atoms with E-state index in [-0.39, 0.29) is 49.9 Å². The summed E-state index contributed by atoms with van der Waals surface area (Å²) in [5, 5.41) is 4.43. The quantitative estimate of drug-likeness (QED) is 0.0716. The predicted molar refractivity (Wildman–Crippen MR) is 258 cm³/mol. The number of anilines is 1. The van der Waals surface area contributed by atoms with Crippen LogP contribution in [0.5, 0.6) is 0 Å². The molecule has 9 heteroatoms. The fourth-order valence-electron chi connectivity index (χ4n) is 7.73. The first-order chi connectivity index (χ1) is 26.2. The number of fused-ring (bicyclic) bond motifs is 3. The number of carbonyl (C=O) groups is 2. The van der Waals surface area contributed by atoms with Gasteiger partial charge < -0.3 is 14.2 Å². The topological polar surface area (TPSA) is 78.6 Å². The van der Waals surface area contributed by atoms with E-state index >= 15 is 0 Å². The molecular formula is C50H70AlBN4O3. The number of likely N-dealkylation sites (N-methyl/N-ethyl adjacent to an activating group) is 1. The summed E-state index contributed by atoms with van der Waals surface area (Å²) in [6, 6.07) is 38.5. The van der Waals surface area contributed by atoms with E-state index in [0.29, 0.717) is 48.8 Å². The van der Waals surface area contributed by atoms with E-state index in [9.17, 15) is 9.59 Å². The fourth-order valence-corrected chi connectivity index (χ4v) is 7.73. The molecule has 1 aromatic heterocycles. The van der Waals surface area contributed by atoms with Crippen LogP contribution in [0.4, 0.5) is 5.69 Å². The van der Waals surface area contributed by atoms with Crippen molar-refractivity contribution in [3.8, 4) is 0 Å². The van der Waals surface area contributed by atoms with Crippen LogP contribution in [0.1, 0.15) is 122 Å². The third-order valence-corrected chi connectivity index (χ3v) is 10.5. The van der Waals surface area contributed by atoms with Crippen molar-refractivity contribution in [3.63, 3.8) is 0 Å². The van der Waals surface area contributed by atoms with Gasteiger partial charge in [0.15, 0.2) is 0 Å². The molecule has 6 aromatic rings. The molecule has 1 N–H and O–H groups in total. The van der Waals surface area contributed by atoms with Crippen molar-refractivity contribution >= 4 is 74.6 Å². The van der Waals surface area contributed by atoms with Crippen LogP contribution in [-0.2, 0) is 4.74 Å². The Balaban J connectivity index is 0.00000101. The minimum atomic E-state index is -0.187. The van der Waals surface area contributed by atoms with Gasteiger partial charge >= 0.3 is 20.4 Å². The number of imide groups is 1. The Hall–Kier alpha value is -4.54. The molecule has 4 radical (unpaired) electrons. The zero-order valence-electron chi connectivity index (χ0n) is 33.3. The van der Waals surface area contributed by atoms with Crippen molar-refractivity contribution in [2.45, 2.75) is 95.5 Å². The Morgan fingerprint density at radius 2 is 1.22 bits per heavy atom. The first-order valence-corrected chi connectivity index (χ1v) is 19.8. The molecule has 2 amide bonds. The Labute approximate surface area is 366 Å². The molecule has 0 saturated carbocycles. The third-order valence-electron chi connectivity index (χ3n) is 10.5. The monoisotopic (exact) mass is 813 g/mol. The number of para-hydroxylation sites is 2. The second-order valence-electron chi connectivity index (χ2n) is 14.4. The maximum atomic E-state index is 13.0. The van der Waals surface area contributed by atoms with Gasteiger partial charge in [-0.1, -0.05) is 129 Å². The van der Waals surface area contributed by atoms with Gasteiger partial charge in [0, 0.05) is 90.6 Å². The van der Waals surface area contributed by atoms with Crippen molar-refractivity contribution in [3.05, 3.63) is 126 Å². The number of hydrogen-bond donors (Lipinski definition) is 1. The van der Waals surface area contributed by atoms with Crippen molar-refractivity contribution < 1.29 is 14.3 Å². The molecule has 1 aliphatic rings. The Bertz CT molecular complexity index is 2110. The zero-order chi connectivity index (χ0) is 38.8. The molecule has 0 bridgehead atoms. The van der Waals surface area contributed by atoms with Gasteiger partial charge in [-0.3, -0.25) is 14.5 Å². The molecule has 0 saturated heterocycles. The van der Waals surface area contributed by atoms with Gasteiger partial charge in [-0.2, -0.15) is 0 Å². The van der Waals surface area contributed by atoms with E-state index < -0.39 is 0 Å². The van der Waals surface area contributed by atoms with Gasteiger partial charge in [0.1, 0.15) is 0 Å². The number of amides is 2. The summed E-state index contributed by atoms with van der Waals surface area (Å²) < 4.78 is 13.7. The second kappa shape index (κ2) is 25.8. The molecule has 2 unspecified atom stereocenters. The van der Waals surface area contributed by atoms with Crippen LogP contribution in [0.15, 0.2) is 109 Å². The normalized spacial score (nSPS) is 12.3. The number of carbonyl (C=O) groups excluding carboxylic acids is 2. The van der Waals surface area contributed by atoms with E-state index in [1.165, 1.54) is 38.7 Å². The number of aromatic nitrogens is 1. The molecule has 5 aromatic carbocycles. The molecular weight excluding hydrogens is 742 g/mol. The number of ether oxygens (including phenoxy) is 1. The van der Waals surface area contributed by atoms with Crippen LogP contribution < -0.4 is 4.90 Å². The number of nitrogens with zero attached hydrogens (tertiary/aromatic N) is 3. The molecule has 2 heterocycles. The average molecular weight is 813 g/mol. The van der Waals surface area contributed by atoms with Gasteiger partial charge in [-0.15, -0.1) is 0 Å². The van der Waals surface area contributed by atoms with E-state index in [0.717, 1.165) is 35.8 Å². The van der Waals surface area contributed by atoms with E-state index in [2.05, 4.69) is 116 Å². The van der Waals surface area contributed by atoms with Gasteiger partial charge in [0.25, 0.3) is 11.8 Å². The summed E-state index contributed by atoms with van der Waals surface area (Å²) in [6.07, 6.45) is 3.13. The van der Waals surface area contributed by atoms with Crippen LogP contribution >= 0.6 is 0 Å². The number of hydrogen-bond acceptors (Lipinski definition) is 5. The third kappa shape index (κ3) is 12.0. The summed E-state index contributed by atoms with van der Waals surface area (Å²) in [5.41, 5.74) is 6.39. The van der Waals surface area contributed by atoms with Crippen molar-refractivity contribution in [2.24, 2.45) is 5.92 Å². The molecule has 7 rings (SSSR count). The van der Waals surface area contributed by atoms with E-state index in [4.69, 9.17) is 9.08 Å². The number of benzene rings is 5. The molecule has 0 fully saturated rings. The molecule has 1 aliphatic heterocycles. The van der Waals surface area contributed by atoms with Gasteiger partial charge in [0.2, 0.25) is 0 Å². The summed E-state index contributed by atoms with van der Waals surface area (Å²) in [7, 11) is 2.00. The van der Waals surface area contributed by atoms with Crippen LogP contribution in [0.3, 0.4) is 0 Å². The first kappa shape index (κ1) is 54.5. The van der Waals surface area contributed by atoms with Crippen LogP contribution in [-0.4, -0.2) is 79.1 Å². The Morgan fingerprint density at radius 3 is 1.76 bits per heavy atom. The van der Waals surface area contributed by atoms with E-state index in [1.54, 1.807) is 16.1 Å². The molecule has 0 spiro atoms. The minimum absolute atomic E-state index is 0. The standard InChI is InChI=1S/C24H25N.C22H28N2O3.4CH4.Al.B.HN/c1-3-19(20-11-5-4-6-12-20)17-18(2)25-23-15-9-7-13-21(23)22-14-8-10-16-24(22)25;1-5-27-14-13-23(4)19-10-9-18-20-16(19)7-6-8-17(20)21(25)24(22(18)26)12-11-15(2)3;;;;;;;/h4-16,18-19H,3,17H2,1-2H3;6-10,15H,5,11-14H2,1-4H3;4*1H4;;;1H. The average Bonchev–Trinajstić information content (AvgIpc) is 3.54. The summed E-state index contributed by atoms with van der Waals surface area (Å²) in [6.45, 7) is 13.4. The molecule has 7 nitrogen and oxygen atoms in total. The Morgan fingerprint density at radius 1 is 0.695 bits per heavy atom. The SMILES string of the molecule is C.C.C.C.CCC(CC(C)n1c2ccccc2c2ccccc21)c1ccccc1.CCOCCN(C)c1ccc2c3c(cccc13)C(=O)N(CCC(C)C)C2=O.[B].[NH]=[Al]. The summed E-state index contributed by atoms with van der Waals surface area (Å²) >= 11 is 1.67. The van der Waals surface area contributed by atoms with Gasteiger partial charge in [-0.05, 0) is 80.8 Å².